The van der Waals surface area contributed by atoms with E-state index in [1.807, 2.05) is 0 Å². The molecule has 0 unspecified atom stereocenters. The molecule has 0 bridgehead atoms. The Labute approximate surface area is 112 Å². The molecule has 1 atom stereocenters. The van der Waals surface area contributed by atoms with E-state index in [-0.39, 0.29) is 5.71 Å². The van der Waals surface area contributed by atoms with Crippen molar-refractivity contribution < 1.29 is 22.7 Å². The minimum atomic E-state index is -4.79. The van der Waals surface area contributed by atoms with E-state index < -0.39 is 18.3 Å². The van der Waals surface area contributed by atoms with Gasteiger partial charge in [0.2, 0.25) is 0 Å². The van der Waals surface area contributed by atoms with Gasteiger partial charge in [-0.2, -0.15) is 18.3 Å². The average molecular weight is 284 g/mol. The summed E-state index contributed by atoms with van der Waals surface area (Å²) in [5, 5.41) is 14.8. The lowest BCUT2D eigenvalue weighted by atomic mass is 10.0. The van der Waals surface area contributed by atoms with Gasteiger partial charge in [0.15, 0.2) is 0 Å². The highest BCUT2D eigenvalue weighted by Gasteiger charge is 2.60. The second-order valence-corrected chi connectivity index (χ2v) is 4.71. The second-order valence-electron chi connectivity index (χ2n) is 4.71. The molecule has 1 aliphatic heterocycles. The van der Waals surface area contributed by atoms with Crippen LogP contribution < -0.4 is 0 Å². The first-order valence-electron chi connectivity index (χ1n) is 5.90. The maximum absolute atomic E-state index is 12.9. The van der Waals surface area contributed by atoms with Crippen LogP contribution >= 0.6 is 0 Å². The Bertz CT molecular complexity index is 692. The summed E-state index contributed by atoms with van der Waals surface area (Å²) >= 11 is 0. The van der Waals surface area contributed by atoms with E-state index in [0.29, 0.717) is 21.5 Å². The third kappa shape index (κ3) is 1.70. The Balaban J connectivity index is 2.03. The van der Waals surface area contributed by atoms with Gasteiger partial charge in [0.1, 0.15) is 11.8 Å². The Hall–Kier alpha value is -2.02. The normalized spacial score (nSPS) is 23.4. The Morgan fingerprint density at radius 2 is 2.05 bits per heavy atom. The molecule has 0 saturated carbocycles. The van der Waals surface area contributed by atoms with Gasteiger partial charge in [0, 0.05) is 18.0 Å². The predicted molar refractivity (Wildman–Crippen MR) is 66.1 cm³/mol. The van der Waals surface area contributed by atoms with Crippen LogP contribution in [0.15, 0.2) is 40.0 Å². The number of nitrogens with zero attached hydrogens (tertiary/aromatic N) is 2. The van der Waals surface area contributed by atoms with Crippen LogP contribution in [-0.4, -0.2) is 34.8 Å². The summed E-state index contributed by atoms with van der Waals surface area (Å²) < 4.78 is 44.1. The van der Waals surface area contributed by atoms with Gasteiger partial charge in [0.05, 0.1) is 12.1 Å². The topological polar surface area (TPSA) is 49.0 Å². The molecule has 0 radical (unpaired) electrons. The summed E-state index contributed by atoms with van der Waals surface area (Å²) in [7, 11) is 1.10. The van der Waals surface area contributed by atoms with Gasteiger partial charge in [-0.25, -0.2) is 0 Å². The van der Waals surface area contributed by atoms with Crippen molar-refractivity contribution in [1.29, 1.82) is 0 Å². The smallest absolute Gasteiger partial charge is 0.438 e. The van der Waals surface area contributed by atoms with E-state index in [9.17, 15) is 18.3 Å². The maximum atomic E-state index is 12.9. The van der Waals surface area contributed by atoms with Gasteiger partial charge < -0.3 is 9.52 Å². The van der Waals surface area contributed by atoms with Crippen molar-refractivity contribution in [3.8, 4) is 0 Å². The van der Waals surface area contributed by atoms with Crippen molar-refractivity contribution >= 4 is 16.7 Å². The lowest BCUT2D eigenvalue weighted by Gasteiger charge is -2.31. The molecule has 2 heterocycles. The lowest BCUT2D eigenvalue weighted by Crippen LogP contribution is -2.53. The number of benzene rings is 1. The largest absolute Gasteiger partial charge is 0.464 e. The SMILES string of the molecule is CN1N=C(c2coc3ccccc23)C[C@@]1(O)C(F)(F)F. The average Bonchev–Trinajstić information content (AvgIpc) is 2.91. The van der Waals surface area contributed by atoms with Crippen LogP contribution in [0.3, 0.4) is 0 Å². The highest BCUT2D eigenvalue weighted by molar-refractivity contribution is 6.11. The molecule has 1 N–H and O–H groups in total. The molecule has 2 aromatic rings. The number of aliphatic hydroxyl groups is 1. The zero-order valence-corrected chi connectivity index (χ0v) is 10.5. The summed E-state index contributed by atoms with van der Waals surface area (Å²) in [6.45, 7) is 0. The van der Waals surface area contributed by atoms with E-state index in [4.69, 9.17) is 4.42 Å². The summed E-state index contributed by atoms with van der Waals surface area (Å²) in [5.41, 5.74) is -1.79. The van der Waals surface area contributed by atoms with Crippen LogP contribution in [0, 0.1) is 0 Å². The van der Waals surface area contributed by atoms with Crippen molar-refractivity contribution in [2.45, 2.75) is 18.3 Å². The van der Waals surface area contributed by atoms with Gasteiger partial charge in [-0.1, -0.05) is 18.2 Å². The van der Waals surface area contributed by atoms with Crippen molar-refractivity contribution in [3.05, 3.63) is 36.1 Å². The van der Waals surface area contributed by atoms with Gasteiger partial charge >= 0.3 is 6.18 Å². The predicted octanol–water partition coefficient (Wildman–Crippen LogP) is 2.72. The molecular weight excluding hydrogens is 273 g/mol. The summed E-state index contributed by atoms with van der Waals surface area (Å²) in [6.07, 6.45) is -4.05. The van der Waals surface area contributed by atoms with Crippen LogP contribution in [0.25, 0.3) is 11.0 Å². The van der Waals surface area contributed by atoms with Crippen molar-refractivity contribution in [2.24, 2.45) is 5.10 Å². The third-order valence-corrected chi connectivity index (χ3v) is 3.47. The first-order chi connectivity index (χ1) is 9.33. The van der Waals surface area contributed by atoms with Crippen LogP contribution in [0.2, 0.25) is 0 Å². The number of hydrogen-bond donors (Lipinski definition) is 1. The molecule has 0 saturated heterocycles. The molecule has 0 fully saturated rings. The number of alkyl halides is 3. The van der Waals surface area contributed by atoms with Crippen LogP contribution in [0.4, 0.5) is 13.2 Å². The van der Waals surface area contributed by atoms with Crippen LogP contribution in [0.5, 0.6) is 0 Å². The molecular formula is C13H11F3N2O2. The van der Waals surface area contributed by atoms with Crippen LogP contribution in [-0.2, 0) is 0 Å². The van der Waals surface area contributed by atoms with E-state index in [1.54, 1.807) is 24.3 Å². The van der Waals surface area contributed by atoms with Gasteiger partial charge in [0.25, 0.3) is 5.72 Å². The Morgan fingerprint density at radius 3 is 2.70 bits per heavy atom. The quantitative estimate of drug-likeness (QED) is 0.876. The van der Waals surface area contributed by atoms with Gasteiger partial charge in [-0.05, 0) is 6.07 Å². The first kappa shape index (κ1) is 13.0. The van der Waals surface area contributed by atoms with Crippen molar-refractivity contribution in [2.75, 3.05) is 7.05 Å². The zero-order valence-electron chi connectivity index (χ0n) is 10.5. The molecule has 0 amide bonds. The van der Waals surface area contributed by atoms with E-state index in [0.717, 1.165) is 7.05 Å². The molecule has 1 aromatic heterocycles. The lowest BCUT2D eigenvalue weighted by molar-refractivity contribution is -0.303. The van der Waals surface area contributed by atoms with E-state index in [1.165, 1.54) is 6.26 Å². The number of furan rings is 1. The molecule has 3 rings (SSSR count). The molecule has 4 nitrogen and oxygen atoms in total. The fourth-order valence-electron chi connectivity index (χ4n) is 2.28. The second kappa shape index (κ2) is 3.99. The summed E-state index contributed by atoms with van der Waals surface area (Å²) in [4.78, 5) is 0. The maximum Gasteiger partial charge on any atom is 0.438 e. The number of para-hydroxylation sites is 1. The Kier molecular flexibility index (Phi) is 2.59. The van der Waals surface area contributed by atoms with Gasteiger partial charge in [-0.3, -0.25) is 5.01 Å². The first-order valence-corrected chi connectivity index (χ1v) is 5.90. The van der Waals surface area contributed by atoms with Gasteiger partial charge in [-0.15, -0.1) is 0 Å². The van der Waals surface area contributed by atoms with Crippen LogP contribution in [0.1, 0.15) is 12.0 Å². The summed E-state index contributed by atoms with van der Waals surface area (Å²) in [5.74, 6) is 0. The number of hydrogen-bond acceptors (Lipinski definition) is 4. The molecule has 20 heavy (non-hydrogen) atoms. The fourth-order valence-corrected chi connectivity index (χ4v) is 2.28. The van der Waals surface area contributed by atoms with Crippen molar-refractivity contribution in [3.63, 3.8) is 0 Å². The third-order valence-electron chi connectivity index (χ3n) is 3.47. The molecule has 0 aliphatic carbocycles. The molecule has 7 heteroatoms. The molecule has 106 valence electrons. The minimum Gasteiger partial charge on any atom is -0.464 e. The van der Waals surface area contributed by atoms with E-state index in [2.05, 4.69) is 5.10 Å². The number of hydrazone groups is 1. The highest BCUT2D eigenvalue weighted by atomic mass is 19.4. The standard InChI is InChI=1S/C13H11F3N2O2/c1-18-12(19,13(14,15)16)6-10(17-18)9-7-20-11-5-3-2-4-8(9)11/h2-5,7,19H,6H2,1H3/t12-/m1/s1. The van der Waals surface area contributed by atoms with E-state index >= 15 is 0 Å². The Morgan fingerprint density at radius 1 is 1.35 bits per heavy atom. The minimum absolute atomic E-state index is 0.150. The highest BCUT2D eigenvalue weighted by Crippen LogP contribution is 2.41. The molecule has 1 aliphatic rings. The number of halogens is 3. The monoisotopic (exact) mass is 284 g/mol. The zero-order chi connectivity index (χ0) is 14.5. The molecule has 1 aromatic carbocycles. The number of rotatable bonds is 1. The summed E-state index contributed by atoms with van der Waals surface area (Å²) in [6, 6.07) is 6.98. The van der Waals surface area contributed by atoms with Crippen molar-refractivity contribution in [1.82, 2.24) is 5.01 Å². The number of fused-ring (bicyclic) bond motifs is 1. The molecule has 0 spiro atoms. The fraction of sp³-hybridized carbons (Fsp3) is 0.308.